The minimum atomic E-state index is 0.0684. The lowest BCUT2D eigenvalue weighted by Crippen LogP contribution is -2.14. The Hall–Kier alpha value is -1.06. The van der Waals surface area contributed by atoms with Crippen LogP contribution in [-0.2, 0) is 0 Å². The third kappa shape index (κ3) is 2.54. The van der Waals surface area contributed by atoms with Crippen molar-refractivity contribution in [3.8, 4) is 5.75 Å². The van der Waals surface area contributed by atoms with Gasteiger partial charge < -0.3 is 14.7 Å². The van der Waals surface area contributed by atoms with Crippen molar-refractivity contribution < 1.29 is 9.84 Å². The van der Waals surface area contributed by atoms with Gasteiger partial charge in [-0.05, 0) is 31.6 Å². The molecule has 0 amide bonds. The second-order valence-corrected chi connectivity index (χ2v) is 4.36. The number of para-hydroxylation sites is 1. The zero-order valence-corrected chi connectivity index (χ0v) is 9.72. The lowest BCUT2D eigenvalue weighted by Gasteiger charge is -2.15. The first kappa shape index (κ1) is 11.4. The molecule has 1 aromatic rings. The molecule has 0 aromatic heterocycles. The lowest BCUT2D eigenvalue weighted by atomic mass is 9.97. The van der Waals surface area contributed by atoms with Crippen LogP contribution in [0.1, 0.15) is 17.9 Å². The Kier molecular flexibility index (Phi) is 3.80. The number of likely N-dealkylation sites (N-methyl/N-ethyl adjacent to an activating group) is 1. The van der Waals surface area contributed by atoms with Crippen molar-refractivity contribution in [2.45, 2.75) is 12.3 Å². The maximum absolute atomic E-state index is 8.79. The van der Waals surface area contributed by atoms with Gasteiger partial charge in [0.05, 0.1) is 6.61 Å². The fourth-order valence-corrected chi connectivity index (χ4v) is 2.29. The zero-order chi connectivity index (χ0) is 11.4. The van der Waals surface area contributed by atoms with Gasteiger partial charge in [0.25, 0.3) is 0 Å². The van der Waals surface area contributed by atoms with E-state index in [0.717, 1.165) is 18.8 Å². The third-order valence-electron chi connectivity index (χ3n) is 3.10. The topological polar surface area (TPSA) is 32.7 Å². The maximum Gasteiger partial charge on any atom is 0.122 e. The Morgan fingerprint density at radius 3 is 2.94 bits per heavy atom. The second kappa shape index (κ2) is 5.32. The summed E-state index contributed by atoms with van der Waals surface area (Å²) in [7, 11) is 2.15. The Labute approximate surface area is 96.6 Å². The van der Waals surface area contributed by atoms with Crippen LogP contribution in [0.5, 0.6) is 5.75 Å². The number of nitrogens with zero attached hydrogens (tertiary/aromatic N) is 1. The Morgan fingerprint density at radius 2 is 2.25 bits per heavy atom. The molecule has 88 valence electrons. The number of ether oxygens (including phenoxy) is 1. The summed E-state index contributed by atoms with van der Waals surface area (Å²) >= 11 is 0. The molecule has 0 aliphatic carbocycles. The molecule has 0 radical (unpaired) electrons. The first-order chi connectivity index (χ1) is 7.81. The number of benzene rings is 1. The molecule has 1 N–H and O–H groups in total. The number of rotatable bonds is 4. The molecule has 1 unspecified atom stereocenters. The highest BCUT2D eigenvalue weighted by molar-refractivity contribution is 5.37. The first-order valence-corrected chi connectivity index (χ1v) is 5.82. The summed E-state index contributed by atoms with van der Waals surface area (Å²) in [5.74, 6) is 1.50. The van der Waals surface area contributed by atoms with E-state index in [0.29, 0.717) is 12.5 Å². The summed E-state index contributed by atoms with van der Waals surface area (Å²) in [5.41, 5.74) is 1.28. The number of hydrogen-bond donors (Lipinski definition) is 1. The monoisotopic (exact) mass is 221 g/mol. The number of hydrogen-bond acceptors (Lipinski definition) is 3. The minimum Gasteiger partial charge on any atom is -0.491 e. The highest BCUT2D eigenvalue weighted by Gasteiger charge is 2.23. The smallest absolute Gasteiger partial charge is 0.122 e. The minimum absolute atomic E-state index is 0.0684. The largest absolute Gasteiger partial charge is 0.491 e. The summed E-state index contributed by atoms with van der Waals surface area (Å²) < 4.78 is 5.57. The second-order valence-electron chi connectivity index (χ2n) is 4.36. The molecule has 16 heavy (non-hydrogen) atoms. The van der Waals surface area contributed by atoms with Gasteiger partial charge >= 0.3 is 0 Å². The zero-order valence-electron chi connectivity index (χ0n) is 9.72. The van der Waals surface area contributed by atoms with Gasteiger partial charge in [-0.15, -0.1) is 0 Å². The van der Waals surface area contributed by atoms with E-state index in [9.17, 15) is 0 Å². The summed E-state index contributed by atoms with van der Waals surface area (Å²) in [5, 5.41) is 8.79. The standard InChI is InChI=1S/C13H19NO2/c1-14-7-6-11(10-14)12-4-2-3-5-13(12)16-9-8-15/h2-5,11,15H,6-10H2,1H3. The van der Waals surface area contributed by atoms with Gasteiger partial charge in [0.1, 0.15) is 12.4 Å². The Morgan fingerprint density at radius 1 is 1.44 bits per heavy atom. The van der Waals surface area contributed by atoms with E-state index >= 15 is 0 Å². The van der Waals surface area contributed by atoms with Crippen LogP contribution in [0.15, 0.2) is 24.3 Å². The normalized spacial score (nSPS) is 21.2. The van der Waals surface area contributed by atoms with Crippen LogP contribution in [0, 0.1) is 0 Å². The molecular formula is C13H19NO2. The van der Waals surface area contributed by atoms with E-state index in [1.54, 1.807) is 0 Å². The molecule has 0 saturated carbocycles. The average molecular weight is 221 g/mol. The highest BCUT2D eigenvalue weighted by atomic mass is 16.5. The molecule has 1 saturated heterocycles. The van der Waals surface area contributed by atoms with Crippen LogP contribution in [-0.4, -0.2) is 43.4 Å². The summed E-state index contributed by atoms with van der Waals surface area (Å²) in [6, 6.07) is 8.16. The summed E-state index contributed by atoms with van der Waals surface area (Å²) in [4.78, 5) is 2.34. The average Bonchev–Trinajstić information content (AvgIpc) is 2.73. The van der Waals surface area contributed by atoms with Crippen LogP contribution in [0.3, 0.4) is 0 Å². The number of aliphatic hydroxyl groups excluding tert-OH is 1. The highest BCUT2D eigenvalue weighted by Crippen LogP contribution is 2.32. The van der Waals surface area contributed by atoms with E-state index in [4.69, 9.17) is 9.84 Å². The molecule has 2 rings (SSSR count). The van der Waals surface area contributed by atoms with Gasteiger partial charge in [0, 0.05) is 12.5 Å². The number of likely N-dealkylation sites (tertiary alicyclic amines) is 1. The first-order valence-electron chi connectivity index (χ1n) is 5.82. The van der Waals surface area contributed by atoms with Crippen molar-refractivity contribution in [2.75, 3.05) is 33.4 Å². The summed E-state index contributed by atoms with van der Waals surface area (Å²) in [6.45, 7) is 2.69. The third-order valence-corrected chi connectivity index (χ3v) is 3.10. The lowest BCUT2D eigenvalue weighted by molar-refractivity contribution is 0.199. The van der Waals surface area contributed by atoms with Gasteiger partial charge in [-0.2, -0.15) is 0 Å². The van der Waals surface area contributed by atoms with Crippen molar-refractivity contribution in [3.63, 3.8) is 0 Å². The van der Waals surface area contributed by atoms with E-state index in [1.165, 1.54) is 12.0 Å². The molecule has 3 nitrogen and oxygen atoms in total. The van der Waals surface area contributed by atoms with Crippen molar-refractivity contribution in [1.29, 1.82) is 0 Å². The summed E-state index contributed by atoms with van der Waals surface area (Å²) in [6.07, 6.45) is 1.19. The van der Waals surface area contributed by atoms with Gasteiger partial charge in [0.15, 0.2) is 0 Å². The molecule has 1 aliphatic rings. The SMILES string of the molecule is CN1CCC(c2ccccc2OCCO)C1. The van der Waals surface area contributed by atoms with Crippen LogP contribution in [0.2, 0.25) is 0 Å². The van der Waals surface area contributed by atoms with Crippen LogP contribution >= 0.6 is 0 Å². The molecule has 1 atom stereocenters. The van der Waals surface area contributed by atoms with Crippen LogP contribution < -0.4 is 4.74 Å². The quantitative estimate of drug-likeness (QED) is 0.836. The van der Waals surface area contributed by atoms with E-state index in [1.807, 2.05) is 12.1 Å². The van der Waals surface area contributed by atoms with Gasteiger partial charge in [-0.25, -0.2) is 0 Å². The molecule has 1 aliphatic heterocycles. The molecule has 1 fully saturated rings. The van der Waals surface area contributed by atoms with Crippen LogP contribution in [0.25, 0.3) is 0 Å². The van der Waals surface area contributed by atoms with Gasteiger partial charge in [-0.1, -0.05) is 18.2 Å². The van der Waals surface area contributed by atoms with Crippen molar-refractivity contribution >= 4 is 0 Å². The fraction of sp³-hybridized carbons (Fsp3) is 0.538. The van der Waals surface area contributed by atoms with E-state index in [2.05, 4.69) is 24.1 Å². The van der Waals surface area contributed by atoms with Gasteiger partial charge in [0.2, 0.25) is 0 Å². The van der Waals surface area contributed by atoms with Crippen LogP contribution in [0.4, 0.5) is 0 Å². The maximum atomic E-state index is 8.79. The molecule has 0 spiro atoms. The fourth-order valence-electron chi connectivity index (χ4n) is 2.29. The van der Waals surface area contributed by atoms with Crippen molar-refractivity contribution in [3.05, 3.63) is 29.8 Å². The molecular weight excluding hydrogens is 202 g/mol. The Bertz CT molecular complexity index is 340. The Balaban J connectivity index is 2.12. The van der Waals surface area contributed by atoms with E-state index in [-0.39, 0.29) is 6.61 Å². The van der Waals surface area contributed by atoms with Crippen molar-refractivity contribution in [1.82, 2.24) is 4.90 Å². The van der Waals surface area contributed by atoms with Crippen molar-refractivity contribution in [2.24, 2.45) is 0 Å². The van der Waals surface area contributed by atoms with Gasteiger partial charge in [-0.3, -0.25) is 0 Å². The predicted molar refractivity (Wildman–Crippen MR) is 63.9 cm³/mol. The molecule has 3 heteroatoms. The molecule has 1 heterocycles. The predicted octanol–water partition coefficient (Wildman–Crippen LogP) is 1.48. The number of aliphatic hydroxyl groups is 1. The molecule has 0 bridgehead atoms. The van der Waals surface area contributed by atoms with E-state index < -0.39 is 0 Å². The molecule has 1 aromatic carbocycles.